The number of hydrogen-bond donors (Lipinski definition) is 3. The Hall–Kier alpha value is -2.04. The van der Waals surface area contributed by atoms with E-state index in [1.165, 1.54) is 12.1 Å². The summed E-state index contributed by atoms with van der Waals surface area (Å²) in [5.41, 5.74) is 1.18. The van der Waals surface area contributed by atoms with Crippen LogP contribution in [0.5, 0.6) is 0 Å². The van der Waals surface area contributed by atoms with E-state index >= 15 is 0 Å². The lowest BCUT2D eigenvalue weighted by Gasteiger charge is -2.22. The summed E-state index contributed by atoms with van der Waals surface area (Å²) in [5.74, 6) is -0.955. The Balaban J connectivity index is 2.39. The minimum Gasteiger partial charge on any atom is -0.478 e. The normalized spacial score (nSPS) is 10.9. The second kappa shape index (κ2) is 6.93. The molecule has 1 aromatic rings. The lowest BCUT2D eigenvalue weighted by atomic mass is 9.90. The third kappa shape index (κ3) is 5.30. The van der Waals surface area contributed by atoms with Gasteiger partial charge in [0.2, 0.25) is 0 Å². The molecular weight excluding hydrogens is 256 g/mol. The Bertz CT molecular complexity index is 467. The number of urea groups is 1. The number of nitrogens with one attached hydrogen (secondary N) is 2. The Labute approximate surface area is 119 Å². The first-order valence-corrected chi connectivity index (χ1v) is 6.68. The van der Waals surface area contributed by atoms with Crippen molar-refractivity contribution in [1.29, 1.82) is 0 Å². The average molecular weight is 278 g/mol. The van der Waals surface area contributed by atoms with Gasteiger partial charge in [-0.05, 0) is 29.5 Å². The van der Waals surface area contributed by atoms with Crippen LogP contribution < -0.4 is 10.6 Å². The molecule has 0 unspecified atom stereocenters. The standard InChI is InChI=1S/C15H22N2O3/c1-4-15(2,3)10-17-14(20)16-9-11-5-7-12(8-6-11)13(18)19/h5-8H,4,9-10H2,1-3H3,(H,18,19)(H2,16,17,20). The lowest BCUT2D eigenvalue weighted by molar-refractivity contribution is 0.0697. The van der Waals surface area contributed by atoms with Gasteiger partial charge in [0.1, 0.15) is 0 Å². The van der Waals surface area contributed by atoms with Crippen molar-refractivity contribution in [2.24, 2.45) is 5.41 Å². The number of amides is 2. The SMILES string of the molecule is CCC(C)(C)CNC(=O)NCc1ccc(C(=O)O)cc1. The molecule has 0 atom stereocenters. The average Bonchev–Trinajstić information content (AvgIpc) is 2.43. The highest BCUT2D eigenvalue weighted by Crippen LogP contribution is 2.17. The summed E-state index contributed by atoms with van der Waals surface area (Å²) in [7, 11) is 0. The van der Waals surface area contributed by atoms with Gasteiger partial charge >= 0.3 is 12.0 Å². The van der Waals surface area contributed by atoms with Crippen LogP contribution in [0.3, 0.4) is 0 Å². The Morgan fingerprint density at radius 3 is 2.25 bits per heavy atom. The van der Waals surface area contributed by atoms with Gasteiger partial charge in [-0.25, -0.2) is 9.59 Å². The van der Waals surface area contributed by atoms with Crippen molar-refractivity contribution in [3.05, 3.63) is 35.4 Å². The predicted octanol–water partition coefficient (Wildman–Crippen LogP) is 2.62. The molecule has 0 bridgehead atoms. The van der Waals surface area contributed by atoms with E-state index in [1.54, 1.807) is 12.1 Å². The summed E-state index contributed by atoms with van der Waals surface area (Å²) in [6, 6.07) is 6.22. The second-order valence-corrected chi connectivity index (χ2v) is 5.56. The molecule has 3 N–H and O–H groups in total. The maximum Gasteiger partial charge on any atom is 0.335 e. The van der Waals surface area contributed by atoms with Crippen LogP contribution in [0.25, 0.3) is 0 Å². The maximum absolute atomic E-state index is 11.6. The van der Waals surface area contributed by atoms with Gasteiger partial charge in [0.15, 0.2) is 0 Å². The molecular formula is C15H22N2O3. The molecule has 0 spiro atoms. The number of aromatic carboxylic acids is 1. The van der Waals surface area contributed by atoms with Crippen molar-refractivity contribution in [1.82, 2.24) is 10.6 Å². The zero-order chi connectivity index (χ0) is 15.2. The Morgan fingerprint density at radius 2 is 1.75 bits per heavy atom. The second-order valence-electron chi connectivity index (χ2n) is 5.56. The topological polar surface area (TPSA) is 78.4 Å². The molecule has 0 saturated heterocycles. The smallest absolute Gasteiger partial charge is 0.335 e. The lowest BCUT2D eigenvalue weighted by Crippen LogP contribution is -2.40. The maximum atomic E-state index is 11.6. The summed E-state index contributed by atoms with van der Waals surface area (Å²) in [4.78, 5) is 22.3. The van der Waals surface area contributed by atoms with Gasteiger partial charge in [-0.2, -0.15) is 0 Å². The van der Waals surface area contributed by atoms with E-state index < -0.39 is 5.97 Å². The van der Waals surface area contributed by atoms with Gasteiger partial charge in [0, 0.05) is 13.1 Å². The monoisotopic (exact) mass is 278 g/mol. The summed E-state index contributed by atoms with van der Waals surface area (Å²) >= 11 is 0. The number of carboxylic acids is 1. The van der Waals surface area contributed by atoms with Crippen LogP contribution in [0, 0.1) is 5.41 Å². The summed E-state index contributed by atoms with van der Waals surface area (Å²) in [5, 5.41) is 14.4. The van der Waals surface area contributed by atoms with Crippen molar-refractivity contribution in [3.8, 4) is 0 Å². The van der Waals surface area contributed by atoms with Gasteiger partial charge in [0.05, 0.1) is 5.56 Å². The van der Waals surface area contributed by atoms with Crippen molar-refractivity contribution >= 4 is 12.0 Å². The molecule has 0 heterocycles. The largest absolute Gasteiger partial charge is 0.478 e. The van der Waals surface area contributed by atoms with Crippen molar-refractivity contribution < 1.29 is 14.7 Å². The first-order chi connectivity index (χ1) is 9.34. The van der Waals surface area contributed by atoms with Gasteiger partial charge in [-0.3, -0.25) is 0 Å². The highest BCUT2D eigenvalue weighted by Gasteiger charge is 2.15. The van der Waals surface area contributed by atoms with Crippen LogP contribution in [0.1, 0.15) is 43.1 Å². The van der Waals surface area contributed by atoms with Crippen molar-refractivity contribution in [3.63, 3.8) is 0 Å². The Morgan fingerprint density at radius 1 is 1.15 bits per heavy atom. The minimum absolute atomic E-state index is 0.0838. The van der Waals surface area contributed by atoms with Crippen LogP contribution in [0.4, 0.5) is 4.79 Å². The van der Waals surface area contributed by atoms with Gasteiger partial charge in [0.25, 0.3) is 0 Å². The van der Waals surface area contributed by atoms with E-state index in [1.807, 2.05) is 0 Å². The molecule has 0 saturated carbocycles. The number of carbonyl (C=O) groups excluding carboxylic acids is 1. The predicted molar refractivity (Wildman–Crippen MR) is 77.7 cm³/mol. The highest BCUT2D eigenvalue weighted by molar-refractivity contribution is 5.87. The third-order valence-corrected chi connectivity index (χ3v) is 3.34. The summed E-state index contributed by atoms with van der Waals surface area (Å²) in [6.07, 6.45) is 0.990. The molecule has 1 aromatic carbocycles. The molecule has 0 fully saturated rings. The minimum atomic E-state index is -0.955. The number of benzene rings is 1. The van der Waals surface area contributed by atoms with Crippen molar-refractivity contribution in [2.45, 2.75) is 33.7 Å². The van der Waals surface area contributed by atoms with Crippen LogP contribution in [0.2, 0.25) is 0 Å². The van der Waals surface area contributed by atoms with E-state index in [9.17, 15) is 9.59 Å². The van der Waals surface area contributed by atoms with E-state index in [4.69, 9.17) is 5.11 Å². The third-order valence-electron chi connectivity index (χ3n) is 3.34. The molecule has 0 aliphatic heterocycles. The molecule has 2 amide bonds. The fourth-order valence-corrected chi connectivity index (χ4v) is 1.45. The molecule has 5 heteroatoms. The first-order valence-electron chi connectivity index (χ1n) is 6.68. The molecule has 0 aliphatic carbocycles. The van der Waals surface area contributed by atoms with Gasteiger partial charge < -0.3 is 15.7 Å². The first kappa shape index (κ1) is 16.0. The molecule has 0 radical (unpaired) electrons. The number of carboxylic acid groups (broad SMARTS) is 1. The quantitative estimate of drug-likeness (QED) is 0.748. The van der Waals surface area contributed by atoms with Crippen LogP contribution in [-0.2, 0) is 6.54 Å². The molecule has 0 aliphatic rings. The fraction of sp³-hybridized carbons (Fsp3) is 0.467. The number of rotatable bonds is 6. The molecule has 20 heavy (non-hydrogen) atoms. The van der Waals surface area contributed by atoms with Crippen molar-refractivity contribution in [2.75, 3.05) is 6.54 Å². The molecule has 1 rings (SSSR count). The zero-order valence-electron chi connectivity index (χ0n) is 12.2. The molecule has 5 nitrogen and oxygen atoms in total. The van der Waals surface area contributed by atoms with E-state index in [-0.39, 0.29) is 17.0 Å². The number of hydrogen-bond acceptors (Lipinski definition) is 2. The molecule has 110 valence electrons. The summed E-state index contributed by atoms with van der Waals surface area (Å²) in [6.45, 7) is 7.27. The fourth-order valence-electron chi connectivity index (χ4n) is 1.45. The van der Waals surface area contributed by atoms with Gasteiger partial charge in [-0.1, -0.05) is 32.9 Å². The molecule has 0 aromatic heterocycles. The van der Waals surface area contributed by atoms with E-state index in [2.05, 4.69) is 31.4 Å². The zero-order valence-corrected chi connectivity index (χ0v) is 12.2. The van der Waals surface area contributed by atoms with E-state index in [0.717, 1.165) is 12.0 Å². The summed E-state index contributed by atoms with van der Waals surface area (Å²) < 4.78 is 0. The number of carbonyl (C=O) groups is 2. The van der Waals surface area contributed by atoms with Crippen LogP contribution in [0.15, 0.2) is 24.3 Å². The van der Waals surface area contributed by atoms with Crippen LogP contribution >= 0.6 is 0 Å². The van der Waals surface area contributed by atoms with Gasteiger partial charge in [-0.15, -0.1) is 0 Å². The Kier molecular flexibility index (Phi) is 5.55. The van der Waals surface area contributed by atoms with E-state index in [0.29, 0.717) is 13.1 Å². The highest BCUT2D eigenvalue weighted by atomic mass is 16.4. The van der Waals surface area contributed by atoms with Crippen LogP contribution in [-0.4, -0.2) is 23.7 Å².